The second kappa shape index (κ2) is 11.1. The molecule has 3 N–H and O–H groups in total. The van der Waals surface area contributed by atoms with Crippen LogP contribution >= 0.6 is 0 Å². The van der Waals surface area contributed by atoms with Crippen LogP contribution in [0.4, 0.5) is 11.8 Å². The number of nitrogens with two attached hydrogens (primary N) is 1. The fraction of sp³-hybridized carbons (Fsp3) is 0.500. The van der Waals surface area contributed by atoms with E-state index in [4.69, 9.17) is 24.7 Å². The van der Waals surface area contributed by atoms with Gasteiger partial charge in [0.25, 0.3) is 0 Å². The van der Waals surface area contributed by atoms with E-state index in [9.17, 15) is 0 Å². The van der Waals surface area contributed by atoms with E-state index in [-0.39, 0.29) is 5.95 Å². The molecule has 0 saturated carbocycles. The Morgan fingerprint density at radius 1 is 0.964 bits per heavy atom. The molecule has 0 fully saturated rings. The average molecular weight is 390 g/mol. The van der Waals surface area contributed by atoms with Crippen LogP contribution in [0.5, 0.6) is 23.0 Å². The fourth-order valence-corrected chi connectivity index (χ4v) is 2.73. The van der Waals surface area contributed by atoms with Crippen LogP contribution in [0.1, 0.15) is 31.7 Å². The van der Waals surface area contributed by atoms with E-state index in [1.807, 2.05) is 12.1 Å². The first-order chi connectivity index (χ1) is 13.6. The Hall–Kier alpha value is -2.90. The summed E-state index contributed by atoms with van der Waals surface area (Å²) >= 11 is 0. The molecule has 0 aliphatic heterocycles. The third kappa shape index (κ3) is 5.80. The molecular formula is C20H30N4O4. The molecule has 8 nitrogen and oxygen atoms in total. The number of aryl methyl sites for hydroxylation is 1. The minimum atomic E-state index is 0.224. The summed E-state index contributed by atoms with van der Waals surface area (Å²) in [4.78, 5) is 8.26. The fourth-order valence-electron chi connectivity index (χ4n) is 2.73. The van der Waals surface area contributed by atoms with Crippen molar-refractivity contribution in [1.29, 1.82) is 0 Å². The van der Waals surface area contributed by atoms with Gasteiger partial charge in [-0.3, -0.25) is 0 Å². The van der Waals surface area contributed by atoms with Gasteiger partial charge in [-0.2, -0.15) is 4.98 Å². The summed E-state index contributed by atoms with van der Waals surface area (Å²) in [7, 11) is 4.86. The van der Waals surface area contributed by atoms with Gasteiger partial charge in [0, 0.05) is 12.6 Å². The Kier molecular flexibility index (Phi) is 8.45. The van der Waals surface area contributed by atoms with Crippen LogP contribution in [0.3, 0.4) is 0 Å². The summed E-state index contributed by atoms with van der Waals surface area (Å²) in [5.41, 5.74) is 6.72. The van der Waals surface area contributed by atoms with Gasteiger partial charge in [0.05, 0.1) is 34.1 Å². The maximum absolute atomic E-state index is 5.88. The van der Waals surface area contributed by atoms with Crippen LogP contribution in [0.15, 0.2) is 18.3 Å². The van der Waals surface area contributed by atoms with Crippen molar-refractivity contribution >= 4 is 11.8 Å². The summed E-state index contributed by atoms with van der Waals surface area (Å²) in [5, 5.41) is 3.25. The van der Waals surface area contributed by atoms with Crippen LogP contribution < -0.4 is 30.0 Å². The number of nitrogens with one attached hydrogen (secondary N) is 1. The molecule has 28 heavy (non-hydrogen) atoms. The average Bonchev–Trinajstić information content (AvgIpc) is 2.72. The van der Waals surface area contributed by atoms with Gasteiger partial charge in [0.1, 0.15) is 5.75 Å². The second-order valence-corrected chi connectivity index (χ2v) is 6.19. The minimum absolute atomic E-state index is 0.224. The summed E-state index contributed by atoms with van der Waals surface area (Å²) < 4.78 is 22.0. The molecule has 0 radical (unpaired) electrons. The van der Waals surface area contributed by atoms with Gasteiger partial charge < -0.3 is 30.0 Å². The van der Waals surface area contributed by atoms with Gasteiger partial charge in [0.15, 0.2) is 23.1 Å². The Morgan fingerprint density at radius 2 is 1.68 bits per heavy atom. The Balaban J connectivity index is 1.97. The zero-order valence-electron chi connectivity index (χ0n) is 17.1. The number of hydrogen-bond acceptors (Lipinski definition) is 8. The number of nitrogens with zero attached hydrogens (tertiary/aromatic N) is 2. The number of benzene rings is 1. The lowest BCUT2D eigenvalue weighted by Crippen LogP contribution is -2.09. The number of rotatable bonds is 12. The van der Waals surface area contributed by atoms with Crippen molar-refractivity contribution in [2.24, 2.45) is 0 Å². The number of unbranched alkanes of at least 4 members (excludes halogenated alkanes) is 1. The van der Waals surface area contributed by atoms with E-state index in [1.165, 1.54) is 0 Å². The molecule has 8 heteroatoms. The standard InChI is InChI=1S/C20H30N4O4/c1-5-6-9-22-19-18(13-23-20(21)24-19)28-10-7-8-14-11-16(26-3)17(27-4)12-15(14)25-2/h11-13H,5-10H2,1-4H3,(H3,21,22,23,24). The first-order valence-electron chi connectivity index (χ1n) is 9.41. The van der Waals surface area contributed by atoms with Gasteiger partial charge >= 0.3 is 0 Å². The van der Waals surface area contributed by atoms with Crippen LogP contribution in [0, 0.1) is 0 Å². The third-order valence-corrected chi connectivity index (χ3v) is 4.23. The molecule has 1 aromatic heterocycles. The Labute approximate surface area is 166 Å². The van der Waals surface area contributed by atoms with Crippen LogP contribution in [0.2, 0.25) is 0 Å². The molecule has 0 bridgehead atoms. The van der Waals surface area contributed by atoms with Crippen LogP contribution in [-0.2, 0) is 6.42 Å². The number of nitrogen functional groups attached to an aromatic ring is 1. The molecule has 1 aromatic carbocycles. The van der Waals surface area contributed by atoms with Gasteiger partial charge in [-0.1, -0.05) is 13.3 Å². The highest BCUT2D eigenvalue weighted by Gasteiger charge is 2.12. The summed E-state index contributed by atoms with van der Waals surface area (Å²) in [6, 6.07) is 3.76. The number of aromatic nitrogens is 2. The molecule has 0 saturated heterocycles. The van der Waals surface area contributed by atoms with Gasteiger partial charge in [-0.25, -0.2) is 4.98 Å². The quantitative estimate of drug-likeness (QED) is 0.532. The van der Waals surface area contributed by atoms with E-state index in [2.05, 4.69) is 22.2 Å². The van der Waals surface area contributed by atoms with Crippen molar-refractivity contribution < 1.29 is 18.9 Å². The molecule has 154 valence electrons. The number of hydrogen-bond donors (Lipinski definition) is 2. The highest BCUT2D eigenvalue weighted by Crippen LogP contribution is 2.35. The van der Waals surface area contributed by atoms with Crippen molar-refractivity contribution in [2.75, 3.05) is 45.5 Å². The topological polar surface area (TPSA) is 101 Å². The van der Waals surface area contributed by atoms with E-state index in [0.29, 0.717) is 29.7 Å². The lowest BCUT2D eigenvalue weighted by atomic mass is 10.1. The number of ether oxygens (including phenoxy) is 4. The maximum Gasteiger partial charge on any atom is 0.222 e. The molecule has 0 aliphatic rings. The SMILES string of the molecule is CCCCNc1nc(N)ncc1OCCCc1cc(OC)c(OC)cc1OC. The van der Waals surface area contributed by atoms with E-state index < -0.39 is 0 Å². The van der Waals surface area contributed by atoms with Crippen LogP contribution in [0.25, 0.3) is 0 Å². The van der Waals surface area contributed by atoms with Crippen LogP contribution in [-0.4, -0.2) is 44.4 Å². The lowest BCUT2D eigenvalue weighted by Gasteiger charge is -2.15. The molecule has 2 aromatic rings. The summed E-state index contributed by atoms with van der Waals surface area (Å²) in [6.45, 7) is 3.45. The largest absolute Gasteiger partial charge is 0.496 e. The predicted molar refractivity (Wildman–Crippen MR) is 110 cm³/mol. The molecule has 0 aliphatic carbocycles. The molecular weight excluding hydrogens is 360 g/mol. The van der Waals surface area contributed by atoms with Crippen molar-refractivity contribution in [3.05, 3.63) is 23.9 Å². The zero-order chi connectivity index (χ0) is 20.4. The lowest BCUT2D eigenvalue weighted by molar-refractivity contribution is 0.308. The number of methoxy groups -OCH3 is 3. The van der Waals surface area contributed by atoms with Crippen molar-refractivity contribution in [3.8, 4) is 23.0 Å². The first kappa shape index (κ1) is 21.4. The van der Waals surface area contributed by atoms with E-state index in [0.717, 1.165) is 43.5 Å². The van der Waals surface area contributed by atoms with Gasteiger partial charge in [0.2, 0.25) is 5.95 Å². The first-order valence-corrected chi connectivity index (χ1v) is 9.41. The molecule has 0 atom stereocenters. The highest BCUT2D eigenvalue weighted by molar-refractivity contribution is 5.52. The normalized spacial score (nSPS) is 10.4. The van der Waals surface area contributed by atoms with Crippen molar-refractivity contribution in [3.63, 3.8) is 0 Å². The molecule has 0 unspecified atom stereocenters. The summed E-state index contributed by atoms with van der Waals surface area (Å²) in [5.74, 6) is 3.53. The Bertz CT molecular complexity index is 755. The highest BCUT2D eigenvalue weighted by atomic mass is 16.5. The molecule has 0 amide bonds. The maximum atomic E-state index is 5.88. The van der Waals surface area contributed by atoms with E-state index >= 15 is 0 Å². The number of anilines is 2. The van der Waals surface area contributed by atoms with Crippen molar-refractivity contribution in [2.45, 2.75) is 32.6 Å². The van der Waals surface area contributed by atoms with Gasteiger partial charge in [-0.05, 0) is 30.9 Å². The molecule has 0 spiro atoms. The zero-order valence-corrected chi connectivity index (χ0v) is 17.1. The van der Waals surface area contributed by atoms with Gasteiger partial charge in [-0.15, -0.1) is 0 Å². The second-order valence-electron chi connectivity index (χ2n) is 6.19. The minimum Gasteiger partial charge on any atom is -0.496 e. The summed E-state index contributed by atoms with van der Waals surface area (Å²) in [6.07, 6.45) is 5.29. The van der Waals surface area contributed by atoms with E-state index in [1.54, 1.807) is 27.5 Å². The predicted octanol–water partition coefficient (Wildman–Crippen LogP) is 3.31. The Morgan fingerprint density at radius 3 is 2.36 bits per heavy atom. The smallest absolute Gasteiger partial charge is 0.222 e. The third-order valence-electron chi connectivity index (χ3n) is 4.23. The monoisotopic (exact) mass is 390 g/mol. The van der Waals surface area contributed by atoms with Crippen molar-refractivity contribution in [1.82, 2.24) is 9.97 Å². The molecule has 1 heterocycles. The molecule has 2 rings (SSSR count).